The molecule has 0 spiro atoms. The lowest BCUT2D eigenvalue weighted by Crippen LogP contribution is -2.36. The van der Waals surface area contributed by atoms with E-state index >= 15 is 0 Å². The average Bonchev–Trinajstić information content (AvgIpc) is 2.91. The van der Waals surface area contributed by atoms with Crippen LogP contribution in [0.3, 0.4) is 0 Å². The molecule has 4 rings (SSSR count). The topological polar surface area (TPSA) is 66.3 Å². The maximum Gasteiger partial charge on any atom is 0.255 e. The molecule has 0 aliphatic carbocycles. The van der Waals surface area contributed by atoms with E-state index in [-0.39, 0.29) is 5.56 Å². The second-order valence-electron chi connectivity index (χ2n) is 7.23. The van der Waals surface area contributed by atoms with Crippen molar-refractivity contribution >= 4 is 5.65 Å². The molecule has 0 amide bonds. The molecule has 3 aromatic rings. The first-order valence-corrected chi connectivity index (χ1v) is 9.32. The van der Waals surface area contributed by atoms with Crippen molar-refractivity contribution in [2.75, 3.05) is 6.54 Å². The summed E-state index contributed by atoms with van der Waals surface area (Å²) in [5, 5.41) is 0. The largest absolute Gasteiger partial charge is 0.310 e. The van der Waals surface area contributed by atoms with Crippen LogP contribution in [0.2, 0.25) is 0 Å². The van der Waals surface area contributed by atoms with Crippen molar-refractivity contribution in [3.05, 3.63) is 62.7 Å². The highest BCUT2D eigenvalue weighted by atomic mass is 16.1. The minimum absolute atomic E-state index is 0.0221. The van der Waals surface area contributed by atoms with Crippen molar-refractivity contribution in [2.24, 2.45) is 0 Å². The Balaban J connectivity index is 1.61. The van der Waals surface area contributed by atoms with Crippen molar-refractivity contribution in [3.8, 4) is 0 Å². The van der Waals surface area contributed by atoms with Gasteiger partial charge < -0.3 is 9.38 Å². The van der Waals surface area contributed by atoms with Gasteiger partial charge in [-0.05, 0) is 31.9 Å². The summed E-state index contributed by atoms with van der Waals surface area (Å²) in [4.78, 5) is 27.1. The number of aryl methyl sites for hydroxylation is 3. The fourth-order valence-corrected chi connectivity index (χ4v) is 3.74. The van der Waals surface area contributed by atoms with Crippen molar-refractivity contribution in [2.45, 2.75) is 53.1 Å². The maximum atomic E-state index is 12.5. The molecular formula is C20H25N5O. The molecule has 0 radical (unpaired) electrons. The quantitative estimate of drug-likeness (QED) is 0.784. The Bertz CT molecular complexity index is 1020. The normalized spacial score (nSPS) is 14.7. The number of imidazole rings is 1. The van der Waals surface area contributed by atoms with Gasteiger partial charge in [0.2, 0.25) is 0 Å². The Morgan fingerprint density at radius 3 is 2.88 bits per heavy atom. The van der Waals surface area contributed by atoms with E-state index in [1.54, 1.807) is 0 Å². The standard InChI is InChI=1S/C20H25N5O/c1-4-5-18-22-16-8-9-24(11-15(16)20(26)23-18)12-17-14(3)21-19-7-6-13(2)10-25(17)19/h6-7,10H,4-5,8-9,11-12H2,1-3H3,(H,22,23,26). The van der Waals surface area contributed by atoms with E-state index in [1.165, 1.54) is 11.3 Å². The SMILES string of the molecule is CCCc1nc2c(c(=O)[nH]1)CN(Cc1c(C)nc3ccc(C)cn13)CC2. The summed E-state index contributed by atoms with van der Waals surface area (Å²) in [6, 6.07) is 4.14. The zero-order valence-electron chi connectivity index (χ0n) is 15.7. The molecule has 0 atom stereocenters. The number of rotatable bonds is 4. The van der Waals surface area contributed by atoms with Gasteiger partial charge >= 0.3 is 0 Å². The van der Waals surface area contributed by atoms with Crippen molar-refractivity contribution in [1.29, 1.82) is 0 Å². The second kappa shape index (κ2) is 6.68. The van der Waals surface area contributed by atoms with Gasteiger partial charge in [0, 0.05) is 38.7 Å². The minimum Gasteiger partial charge on any atom is -0.310 e. The number of nitrogens with one attached hydrogen (secondary N) is 1. The first-order valence-electron chi connectivity index (χ1n) is 9.32. The summed E-state index contributed by atoms with van der Waals surface area (Å²) >= 11 is 0. The molecular weight excluding hydrogens is 326 g/mol. The van der Waals surface area contributed by atoms with Crippen LogP contribution in [0.4, 0.5) is 0 Å². The Labute approximate surface area is 152 Å². The number of nitrogens with zero attached hydrogens (tertiary/aromatic N) is 4. The summed E-state index contributed by atoms with van der Waals surface area (Å²) in [6.07, 6.45) is 4.77. The number of fused-ring (bicyclic) bond motifs is 2. The van der Waals surface area contributed by atoms with Crippen LogP contribution in [0.25, 0.3) is 5.65 Å². The molecule has 0 saturated carbocycles. The first-order chi connectivity index (χ1) is 12.5. The third kappa shape index (κ3) is 3.05. The summed E-state index contributed by atoms with van der Waals surface area (Å²) in [7, 11) is 0. The molecule has 136 valence electrons. The minimum atomic E-state index is 0.0221. The van der Waals surface area contributed by atoms with Gasteiger partial charge in [-0.3, -0.25) is 9.69 Å². The van der Waals surface area contributed by atoms with E-state index in [9.17, 15) is 4.79 Å². The predicted octanol–water partition coefficient (Wildman–Crippen LogP) is 2.55. The lowest BCUT2D eigenvalue weighted by Gasteiger charge is -2.27. The van der Waals surface area contributed by atoms with E-state index in [1.807, 2.05) is 0 Å². The highest BCUT2D eigenvalue weighted by Crippen LogP contribution is 2.20. The van der Waals surface area contributed by atoms with Crippen LogP contribution in [-0.2, 0) is 25.9 Å². The lowest BCUT2D eigenvalue weighted by molar-refractivity contribution is 0.237. The Hall–Kier alpha value is -2.47. The zero-order chi connectivity index (χ0) is 18.3. The third-order valence-corrected chi connectivity index (χ3v) is 5.12. The first kappa shape index (κ1) is 17.0. The van der Waals surface area contributed by atoms with E-state index in [4.69, 9.17) is 0 Å². The number of pyridine rings is 1. The number of aromatic amines is 1. The third-order valence-electron chi connectivity index (χ3n) is 5.12. The van der Waals surface area contributed by atoms with E-state index in [2.05, 4.69) is 63.4 Å². The smallest absolute Gasteiger partial charge is 0.255 e. The number of hydrogen-bond donors (Lipinski definition) is 1. The van der Waals surface area contributed by atoms with Crippen LogP contribution in [0.5, 0.6) is 0 Å². The van der Waals surface area contributed by atoms with Crippen molar-refractivity contribution < 1.29 is 0 Å². The fraction of sp³-hybridized carbons (Fsp3) is 0.450. The predicted molar refractivity (Wildman–Crippen MR) is 101 cm³/mol. The lowest BCUT2D eigenvalue weighted by atomic mass is 10.1. The van der Waals surface area contributed by atoms with Crippen LogP contribution in [0.1, 0.15) is 47.4 Å². The molecule has 0 unspecified atom stereocenters. The van der Waals surface area contributed by atoms with Crippen molar-refractivity contribution in [3.63, 3.8) is 0 Å². The summed E-state index contributed by atoms with van der Waals surface area (Å²) in [6.45, 7) is 8.58. The van der Waals surface area contributed by atoms with Crippen molar-refractivity contribution in [1.82, 2.24) is 24.3 Å². The number of hydrogen-bond acceptors (Lipinski definition) is 4. The van der Waals surface area contributed by atoms with Crippen LogP contribution >= 0.6 is 0 Å². The van der Waals surface area contributed by atoms with Gasteiger partial charge in [0.05, 0.1) is 22.6 Å². The molecule has 0 aromatic carbocycles. The Morgan fingerprint density at radius 1 is 1.23 bits per heavy atom. The number of aromatic nitrogens is 4. The molecule has 1 N–H and O–H groups in total. The molecule has 6 heteroatoms. The van der Waals surface area contributed by atoms with Gasteiger partial charge in [-0.1, -0.05) is 13.0 Å². The van der Waals surface area contributed by atoms with Gasteiger partial charge in [0.1, 0.15) is 11.5 Å². The Morgan fingerprint density at radius 2 is 2.08 bits per heavy atom. The summed E-state index contributed by atoms with van der Waals surface area (Å²) < 4.78 is 2.17. The van der Waals surface area contributed by atoms with Gasteiger partial charge in [0.15, 0.2) is 0 Å². The average molecular weight is 351 g/mol. The van der Waals surface area contributed by atoms with Gasteiger partial charge in [-0.25, -0.2) is 9.97 Å². The van der Waals surface area contributed by atoms with E-state index < -0.39 is 0 Å². The van der Waals surface area contributed by atoms with Crippen LogP contribution < -0.4 is 5.56 Å². The molecule has 0 saturated heterocycles. The van der Waals surface area contributed by atoms with E-state index in [0.29, 0.717) is 6.54 Å². The summed E-state index contributed by atoms with van der Waals surface area (Å²) in [5.74, 6) is 0.817. The highest BCUT2D eigenvalue weighted by Gasteiger charge is 2.22. The van der Waals surface area contributed by atoms with Gasteiger partial charge in [-0.2, -0.15) is 0 Å². The maximum absolute atomic E-state index is 12.5. The van der Waals surface area contributed by atoms with Crippen LogP contribution in [-0.4, -0.2) is 30.8 Å². The van der Waals surface area contributed by atoms with Crippen LogP contribution in [0, 0.1) is 13.8 Å². The molecule has 26 heavy (non-hydrogen) atoms. The Kier molecular flexibility index (Phi) is 4.36. The highest BCUT2D eigenvalue weighted by molar-refractivity contribution is 5.44. The molecule has 0 fully saturated rings. The monoisotopic (exact) mass is 351 g/mol. The number of H-pyrrole nitrogens is 1. The molecule has 3 aromatic heterocycles. The zero-order valence-corrected chi connectivity index (χ0v) is 15.7. The molecule has 1 aliphatic heterocycles. The second-order valence-corrected chi connectivity index (χ2v) is 7.23. The molecule has 1 aliphatic rings. The molecule has 0 bridgehead atoms. The summed E-state index contributed by atoms with van der Waals surface area (Å²) in [5.41, 5.74) is 6.24. The fourth-order valence-electron chi connectivity index (χ4n) is 3.74. The van der Waals surface area contributed by atoms with Gasteiger partial charge in [-0.15, -0.1) is 0 Å². The van der Waals surface area contributed by atoms with Gasteiger partial charge in [0.25, 0.3) is 5.56 Å². The molecule has 6 nitrogen and oxygen atoms in total. The van der Waals surface area contributed by atoms with E-state index in [0.717, 1.165) is 60.8 Å². The molecule has 4 heterocycles. The van der Waals surface area contributed by atoms with Crippen LogP contribution in [0.15, 0.2) is 23.1 Å².